The van der Waals surface area contributed by atoms with E-state index in [0.29, 0.717) is 19.0 Å². The fourth-order valence-electron chi connectivity index (χ4n) is 2.37. The van der Waals surface area contributed by atoms with E-state index in [1.807, 2.05) is 0 Å². The van der Waals surface area contributed by atoms with Gasteiger partial charge in [-0.3, -0.25) is 14.0 Å². The number of halogens is 1. The molecule has 0 radical (unpaired) electrons. The molecule has 0 aromatic carbocycles. The number of hydrogen-bond acceptors (Lipinski definition) is 2. The van der Waals surface area contributed by atoms with Crippen LogP contribution in [0.1, 0.15) is 32.1 Å². The molecule has 1 N–H and O–H groups in total. The van der Waals surface area contributed by atoms with Crippen molar-refractivity contribution in [2.24, 2.45) is 11.8 Å². The van der Waals surface area contributed by atoms with Gasteiger partial charge in [0.2, 0.25) is 11.8 Å². The van der Waals surface area contributed by atoms with E-state index in [1.54, 1.807) is 4.90 Å². The Morgan fingerprint density at radius 3 is 2.72 bits per heavy atom. The minimum absolute atomic E-state index is 0.0552. The summed E-state index contributed by atoms with van der Waals surface area (Å²) in [7, 11) is 0. The van der Waals surface area contributed by atoms with E-state index in [2.05, 4.69) is 5.32 Å². The highest BCUT2D eigenvalue weighted by atomic mass is 19.1. The molecule has 2 rings (SSSR count). The Kier molecular flexibility index (Phi) is 4.55. The van der Waals surface area contributed by atoms with E-state index in [-0.39, 0.29) is 24.2 Å². The summed E-state index contributed by atoms with van der Waals surface area (Å²) >= 11 is 0. The van der Waals surface area contributed by atoms with Gasteiger partial charge in [-0.25, -0.2) is 0 Å². The van der Waals surface area contributed by atoms with Crippen LogP contribution in [-0.2, 0) is 9.59 Å². The highest BCUT2D eigenvalue weighted by Crippen LogP contribution is 2.28. The first-order valence-electron chi connectivity index (χ1n) is 6.82. The van der Waals surface area contributed by atoms with Gasteiger partial charge in [-0.05, 0) is 31.6 Å². The van der Waals surface area contributed by atoms with Crippen LogP contribution in [0.3, 0.4) is 0 Å². The highest BCUT2D eigenvalue weighted by Gasteiger charge is 2.29. The summed E-state index contributed by atoms with van der Waals surface area (Å²) in [5, 5.41) is 2.95. The molecule has 4 nitrogen and oxygen atoms in total. The van der Waals surface area contributed by atoms with Crippen LogP contribution in [0.25, 0.3) is 0 Å². The minimum Gasteiger partial charge on any atom is -0.356 e. The zero-order valence-corrected chi connectivity index (χ0v) is 10.7. The third kappa shape index (κ3) is 3.68. The Morgan fingerprint density at radius 1 is 1.28 bits per heavy atom. The molecule has 2 amide bonds. The molecule has 0 bridgehead atoms. The van der Waals surface area contributed by atoms with Crippen LogP contribution in [-0.4, -0.2) is 43.0 Å². The Hall–Kier alpha value is -1.13. The third-order valence-corrected chi connectivity index (χ3v) is 3.72. The first kappa shape index (κ1) is 13.3. The maximum Gasteiger partial charge on any atom is 0.225 e. The van der Waals surface area contributed by atoms with Crippen molar-refractivity contribution in [1.29, 1.82) is 0 Å². The average Bonchev–Trinajstić information content (AvgIpc) is 3.20. The first-order valence-corrected chi connectivity index (χ1v) is 6.82. The molecule has 0 spiro atoms. The fourth-order valence-corrected chi connectivity index (χ4v) is 2.37. The molecule has 5 heteroatoms. The van der Waals surface area contributed by atoms with Crippen molar-refractivity contribution in [3.8, 4) is 0 Å². The normalized spacial score (nSPS) is 23.8. The number of piperidine rings is 1. The summed E-state index contributed by atoms with van der Waals surface area (Å²) in [6, 6.07) is 0. The van der Waals surface area contributed by atoms with Crippen molar-refractivity contribution in [3.63, 3.8) is 0 Å². The van der Waals surface area contributed by atoms with Gasteiger partial charge in [0.05, 0.1) is 19.0 Å². The molecule has 0 aromatic rings. The van der Waals surface area contributed by atoms with E-state index in [4.69, 9.17) is 0 Å². The lowest BCUT2D eigenvalue weighted by Crippen LogP contribution is -2.45. The molecule has 1 aliphatic heterocycles. The van der Waals surface area contributed by atoms with Gasteiger partial charge in [-0.1, -0.05) is 0 Å². The van der Waals surface area contributed by atoms with Crippen molar-refractivity contribution < 1.29 is 14.0 Å². The largest absolute Gasteiger partial charge is 0.356 e. The zero-order valence-electron chi connectivity index (χ0n) is 10.7. The van der Waals surface area contributed by atoms with Crippen LogP contribution in [0.2, 0.25) is 0 Å². The average molecular weight is 256 g/mol. The number of amides is 2. The van der Waals surface area contributed by atoms with E-state index in [0.717, 1.165) is 19.4 Å². The number of likely N-dealkylation sites (tertiary alicyclic amines) is 1. The molecule has 102 valence electrons. The van der Waals surface area contributed by atoms with Crippen molar-refractivity contribution in [2.75, 3.05) is 26.3 Å². The highest BCUT2D eigenvalue weighted by molar-refractivity contribution is 5.81. The summed E-state index contributed by atoms with van der Waals surface area (Å²) in [4.78, 5) is 25.2. The van der Waals surface area contributed by atoms with Gasteiger partial charge in [0.25, 0.3) is 0 Å². The van der Waals surface area contributed by atoms with Crippen LogP contribution < -0.4 is 5.32 Å². The van der Waals surface area contributed by atoms with Gasteiger partial charge in [0, 0.05) is 19.6 Å². The number of rotatable bonds is 5. The molecule has 1 saturated carbocycles. The van der Waals surface area contributed by atoms with E-state index in [9.17, 15) is 14.0 Å². The lowest BCUT2D eigenvalue weighted by molar-refractivity contribution is -0.135. The second-order valence-corrected chi connectivity index (χ2v) is 5.31. The summed E-state index contributed by atoms with van der Waals surface area (Å²) in [6.45, 7) is 1.27. The molecule has 2 aliphatic rings. The Balaban J connectivity index is 1.77. The standard InChI is InChI=1S/C13H21FN2O2/c14-6-5-12(17)16-7-1-2-11(9-16)13(18)15-8-10-3-4-10/h10-11H,1-9H2,(H,15,18). The van der Waals surface area contributed by atoms with E-state index < -0.39 is 6.67 Å². The van der Waals surface area contributed by atoms with Gasteiger partial charge in [0.1, 0.15) is 0 Å². The quantitative estimate of drug-likeness (QED) is 0.801. The SMILES string of the molecule is O=C(NCC1CC1)C1CCCN(C(=O)CCF)C1. The number of alkyl halides is 1. The first-order chi connectivity index (χ1) is 8.70. The molecule has 1 unspecified atom stereocenters. The predicted molar refractivity (Wildman–Crippen MR) is 65.6 cm³/mol. The van der Waals surface area contributed by atoms with Gasteiger partial charge in [0.15, 0.2) is 0 Å². The number of carbonyl (C=O) groups excluding carboxylic acids is 2. The molecule has 1 atom stereocenters. The molecule has 18 heavy (non-hydrogen) atoms. The maximum absolute atomic E-state index is 12.1. The smallest absolute Gasteiger partial charge is 0.225 e. The Bertz CT molecular complexity index is 318. The molecular formula is C13H21FN2O2. The monoisotopic (exact) mass is 256 g/mol. The van der Waals surface area contributed by atoms with Crippen LogP contribution in [0.15, 0.2) is 0 Å². The van der Waals surface area contributed by atoms with Gasteiger partial charge < -0.3 is 10.2 Å². The lowest BCUT2D eigenvalue weighted by atomic mass is 9.97. The number of hydrogen-bond donors (Lipinski definition) is 1. The number of nitrogens with zero attached hydrogens (tertiary/aromatic N) is 1. The van der Waals surface area contributed by atoms with Crippen LogP contribution in [0, 0.1) is 11.8 Å². The Morgan fingerprint density at radius 2 is 2.06 bits per heavy atom. The summed E-state index contributed by atoms with van der Waals surface area (Å²) in [5.74, 6) is 0.444. The molecule has 1 saturated heterocycles. The van der Waals surface area contributed by atoms with Gasteiger partial charge >= 0.3 is 0 Å². The predicted octanol–water partition coefficient (Wildman–Crippen LogP) is 1.11. The van der Waals surface area contributed by atoms with Gasteiger partial charge in [-0.2, -0.15) is 0 Å². The zero-order chi connectivity index (χ0) is 13.0. The van der Waals surface area contributed by atoms with Crippen molar-refractivity contribution >= 4 is 11.8 Å². The third-order valence-electron chi connectivity index (χ3n) is 3.72. The molecule has 2 fully saturated rings. The van der Waals surface area contributed by atoms with Crippen LogP contribution in [0.4, 0.5) is 4.39 Å². The topological polar surface area (TPSA) is 49.4 Å². The van der Waals surface area contributed by atoms with E-state index >= 15 is 0 Å². The van der Waals surface area contributed by atoms with Crippen molar-refractivity contribution in [1.82, 2.24) is 10.2 Å². The molecular weight excluding hydrogens is 235 g/mol. The lowest BCUT2D eigenvalue weighted by Gasteiger charge is -2.32. The second-order valence-electron chi connectivity index (χ2n) is 5.31. The minimum atomic E-state index is -0.617. The number of nitrogens with one attached hydrogen (secondary N) is 1. The Labute approximate surface area is 107 Å². The summed E-state index contributed by atoms with van der Waals surface area (Å²) < 4.78 is 12.1. The van der Waals surface area contributed by atoms with Crippen LogP contribution in [0.5, 0.6) is 0 Å². The maximum atomic E-state index is 12.1. The second kappa shape index (κ2) is 6.16. The van der Waals surface area contributed by atoms with E-state index in [1.165, 1.54) is 12.8 Å². The molecule has 1 aliphatic carbocycles. The molecule has 1 heterocycles. The van der Waals surface area contributed by atoms with Crippen molar-refractivity contribution in [3.05, 3.63) is 0 Å². The summed E-state index contributed by atoms with van der Waals surface area (Å²) in [6.07, 6.45) is 4.03. The van der Waals surface area contributed by atoms with Gasteiger partial charge in [-0.15, -0.1) is 0 Å². The number of carbonyl (C=O) groups is 2. The fraction of sp³-hybridized carbons (Fsp3) is 0.846. The van der Waals surface area contributed by atoms with Crippen LogP contribution >= 0.6 is 0 Å². The van der Waals surface area contributed by atoms with Crippen molar-refractivity contribution in [2.45, 2.75) is 32.1 Å². The summed E-state index contributed by atoms with van der Waals surface area (Å²) in [5.41, 5.74) is 0. The molecule has 0 aromatic heterocycles.